The number of likely N-dealkylation sites (tertiary alicyclic amines) is 1. The SMILES string of the molecule is CC(=O)C1C(=O)N(C([Si](C)(C)C)[Si](C)(C)C)C(C)C1(C)C. The minimum absolute atomic E-state index is 0.0178. The summed E-state index contributed by atoms with van der Waals surface area (Å²) >= 11 is 0. The third kappa shape index (κ3) is 3.18. The first-order valence-corrected chi connectivity index (χ1v) is 15.1. The Bertz CT molecular complexity index is 432. The molecule has 122 valence electrons. The molecule has 0 aromatic carbocycles. The highest BCUT2D eigenvalue weighted by Crippen LogP contribution is 2.45. The molecule has 0 aromatic rings. The molecule has 0 aliphatic carbocycles. The molecule has 0 N–H and O–H groups in total. The van der Waals surface area contributed by atoms with E-state index in [1.165, 1.54) is 0 Å². The second-order valence-corrected chi connectivity index (χ2v) is 20.6. The first-order valence-electron chi connectivity index (χ1n) is 7.96. The summed E-state index contributed by atoms with van der Waals surface area (Å²) in [4.78, 5) is 27.2. The van der Waals surface area contributed by atoms with Crippen molar-refractivity contribution in [2.75, 3.05) is 0 Å². The van der Waals surface area contributed by atoms with Crippen LogP contribution >= 0.6 is 0 Å². The van der Waals surface area contributed by atoms with Crippen molar-refractivity contribution >= 4 is 27.8 Å². The lowest BCUT2D eigenvalue weighted by Crippen LogP contribution is -2.65. The van der Waals surface area contributed by atoms with Gasteiger partial charge in [-0.1, -0.05) is 53.1 Å². The van der Waals surface area contributed by atoms with Gasteiger partial charge in [-0.25, -0.2) is 0 Å². The van der Waals surface area contributed by atoms with Gasteiger partial charge in [0, 0.05) is 16.7 Å². The number of hydrogen-bond donors (Lipinski definition) is 0. The van der Waals surface area contributed by atoms with Gasteiger partial charge < -0.3 is 4.90 Å². The van der Waals surface area contributed by atoms with Crippen molar-refractivity contribution in [2.45, 2.75) is 78.3 Å². The fraction of sp³-hybridized carbons (Fsp3) is 0.875. The molecular formula is C16H33NO2Si2. The maximum atomic E-state index is 13.1. The summed E-state index contributed by atoms with van der Waals surface area (Å²) in [5, 5.41) is 0.371. The minimum Gasteiger partial charge on any atom is -0.342 e. The number of carbonyl (C=O) groups is 2. The van der Waals surface area contributed by atoms with E-state index in [9.17, 15) is 9.59 Å². The summed E-state index contributed by atoms with van der Waals surface area (Å²) in [5.41, 5.74) is -0.277. The fourth-order valence-electron chi connectivity index (χ4n) is 4.44. The number of nitrogens with zero attached hydrogens (tertiary/aromatic N) is 1. The number of rotatable bonds is 4. The average Bonchev–Trinajstić information content (AvgIpc) is 2.34. The lowest BCUT2D eigenvalue weighted by atomic mass is 9.75. The molecule has 3 nitrogen and oxygen atoms in total. The van der Waals surface area contributed by atoms with Crippen molar-refractivity contribution in [3.63, 3.8) is 0 Å². The van der Waals surface area contributed by atoms with Gasteiger partial charge in [0.15, 0.2) is 0 Å². The van der Waals surface area contributed by atoms with Gasteiger partial charge in [0.05, 0.1) is 16.1 Å². The summed E-state index contributed by atoms with van der Waals surface area (Å²) in [6.07, 6.45) is 0. The summed E-state index contributed by atoms with van der Waals surface area (Å²) in [7, 11) is -3.08. The first-order chi connectivity index (χ1) is 9.13. The first kappa shape index (κ1) is 18.6. The molecule has 1 heterocycles. The van der Waals surface area contributed by atoms with Crippen molar-refractivity contribution < 1.29 is 9.59 Å². The molecule has 0 radical (unpaired) electrons. The van der Waals surface area contributed by atoms with E-state index in [1.807, 2.05) is 0 Å². The Balaban J connectivity index is 3.41. The fourth-order valence-corrected chi connectivity index (χ4v) is 17.2. The molecule has 1 aliphatic rings. The van der Waals surface area contributed by atoms with Gasteiger partial charge in [-0.15, -0.1) is 0 Å². The molecule has 0 spiro atoms. The van der Waals surface area contributed by atoms with Gasteiger partial charge in [-0.3, -0.25) is 9.59 Å². The van der Waals surface area contributed by atoms with Crippen LogP contribution in [0.5, 0.6) is 0 Å². The summed E-state index contributed by atoms with van der Waals surface area (Å²) in [5.74, 6) is -0.373. The normalized spacial score (nSPS) is 26.6. The summed E-state index contributed by atoms with van der Waals surface area (Å²) < 4.78 is 0. The van der Waals surface area contributed by atoms with Crippen LogP contribution in [0.2, 0.25) is 39.3 Å². The van der Waals surface area contributed by atoms with Gasteiger partial charge in [-0.05, 0) is 13.8 Å². The highest BCUT2D eigenvalue weighted by molar-refractivity contribution is 6.96. The Morgan fingerprint density at radius 1 is 1.10 bits per heavy atom. The van der Waals surface area contributed by atoms with Gasteiger partial charge in [0.1, 0.15) is 11.7 Å². The molecule has 0 saturated carbocycles. The van der Waals surface area contributed by atoms with Gasteiger partial charge in [-0.2, -0.15) is 0 Å². The summed E-state index contributed by atoms with van der Waals surface area (Å²) in [6.45, 7) is 22.0. The van der Waals surface area contributed by atoms with E-state index in [0.717, 1.165) is 0 Å². The molecule has 0 bridgehead atoms. The number of amides is 1. The van der Waals surface area contributed by atoms with Crippen LogP contribution in [0.3, 0.4) is 0 Å². The van der Waals surface area contributed by atoms with Crippen LogP contribution < -0.4 is 0 Å². The molecule has 1 amide bonds. The number of carbonyl (C=O) groups excluding carboxylic acids is 2. The molecule has 2 unspecified atom stereocenters. The zero-order valence-corrected chi connectivity index (χ0v) is 17.5. The highest BCUT2D eigenvalue weighted by atomic mass is 28.4. The van der Waals surface area contributed by atoms with Crippen LogP contribution in [-0.2, 0) is 9.59 Å². The molecule has 1 aliphatic heterocycles. The van der Waals surface area contributed by atoms with E-state index in [2.05, 4.69) is 65.0 Å². The Morgan fingerprint density at radius 2 is 1.48 bits per heavy atom. The van der Waals surface area contributed by atoms with Crippen molar-refractivity contribution in [3.05, 3.63) is 0 Å². The Hall–Kier alpha value is -0.426. The lowest BCUT2D eigenvalue weighted by Gasteiger charge is -2.47. The van der Waals surface area contributed by atoms with Gasteiger partial charge in [0.25, 0.3) is 0 Å². The van der Waals surface area contributed by atoms with Gasteiger partial charge in [0.2, 0.25) is 5.91 Å². The van der Waals surface area contributed by atoms with E-state index in [0.29, 0.717) is 5.29 Å². The quantitative estimate of drug-likeness (QED) is 0.585. The molecule has 2 atom stereocenters. The lowest BCUT2D eigenvalue weighted by molar-refractivity contribution is -0.137. The van der Waals surface area contributed by atoms with E-state index in [1.54, 1.807) is 6.92 Å². The van der Waals surface area contributed by atoms with Crippen LogP contribution in [-0.4, -0.2) is 44.1 Å². The van der Waals surface area contributed by atoms with E-state index < -0.39 is 22.1 Å². The Morgan fingerprint density at radius 3 is 1.71 bits per heavy atom. The molecule has 1 saturated heterocycles. The van der Waals surface area contributed by atoms with Crippen LogP contribution in [0.1, 0.15) is 27.7 Å². The molecule has 21 heavy (non-hydrogen) atoms. The smallest absolute Gasteiger partial charge is 0.233 e. The van der Waals surface area contributed by atoms with Crippen LogP contribution in [0.15, 0.2) is 0 Å². The largest absolute Gasteiger partial charge is 0.342 e. The molecular weight excluding hydrogens is 294 g/mol. The second-order valence-electron chi connectivity index (χ2n) is 9.42. The maximum Gasteiger partial charge on any atom is 0.233 e. The number of Topliss-reactive ketones (excluding diaryl/α,β-unsaturated/α-hetero) is 1. The minimum atomic E-state index is -1.54. The highest BCUT2D eigenvalue weighted by Gasteiger charge is 2.58. The van der Waals surface area contributed by atoms with Crippen LogP contribution in [0.4, 0.5) is 0 Å². The zero-order chi connectivity index (χ0) is 17.0. The molecule has 1 fully saturated rings. The Kier molecular flexibility index (Phi) is 4.73. The van der Waals surface area contributed by atoms with Crippen LogP contribution in [0.25, 0.3) is 0 Å². The van der Waals surface area contributed by atoms with E-state index in [-0.39, 0.29) is 23.1 Å². The zero-order valence-electron chi connectivity index (χ0n) is 15.5. The average molecular weight is 328 g/mol. The van der Waals surface area contributed by atoms with E-state index in [4.69, 9.17) is 0 Å². The van der Waals surface area contributed by atoms with Crippen molar-refractivity contribution in [1.29, 1.82) is 0 Å². The Labute approximate surface area is 132 Å². The third-order valence-electron chi connectivity index (χ3n) is 5.06. The monoisotopic (exact) mass is 327 g/mol. The molecule has 5 heteroatoms. The standard InChI is InChI=1S/C16H33NO2Si2/c1-11(18)13-14(19)17(12(2)16(13,3)4)15(20(5,6)7)21(8,9)10/h12-13,15H,1-10H3. The third-order valence-corrected chi connectivity index (χ3v) is 14.1. The number of ketones is 1. The summed E-state index contributed by atoms with van der Waals surface area (Å²) in [6, 6.07) is 0.127. The molecule has 0 aromatic heterocycles. The predicted molar refractivity (Wildman–Crippen MR) is 94.7 cm³/mol. The van der Waals surface area contributed by atoms with Crippen LogP contribution in [0, 0.1) is 11.3 Å². The van der Waals surface area contributed by atoms with E-state index >= 15 is 0 Å². The van der Waals surface area contributed by atoms with Crippen molar-refractivity contribution in [3.8, 4) is 0 Å². The van der Waals surface area contributed by atoms with Crippen molar-refractivity contribution in [1.82, 2.24) is 4.90 Å². The van der Waals surface area contributed by atoms with Crippen molar-refractivity contribution in [2.24, 2.45) is 11.3 Å². The van der Waals surface area contributed by atoms with Gasteiger partial charge >= 0.3 is 0 Å². The molecule has 1 rings (SSSR count). The topological polar surface area (TPSA) is 37.4 Å². The number of hydrogen-bond acceptors (Lipinski definition) is 2. The second kappa shape index (κ2) is 5.34. The maximum absolute atomic E-state index is 13.1. The predicted octanol–water partition coefficient (Wildman–Crippen LogP) is 3.57.